The summed E-state index contributed by atoms with van der Waals surface area (Å²) in [6, 6.07) is 4.79. The van der Waals surface area contributed by atoms with E-state index >= 15 is 0 Å². The van der Waals surface area contributed by atoms with E-state index in [9.17, 15) is 14.4 Å². The number of hydrogen-bond donors (Lipinski definition) is 1. The second-order valence-corrected chi connectivity index (χ2v) is 7.39. The monoisotopic (exact) mass is 371 g/mol. The lowest BCUT2D eigenvalue weighted by atomic mass is 10.1. The zero-order valence-corrected chi connectivity index (χ0v) is 16.1. The van der Waals surface area contributed by atoms with Crippen LogP contribution in [0.1, 0.15) is 76.5 Å². The molecular weight excluding hydrogens is 342 g/mol. The second-order valence-electron chi connectivity index (χ2n) is 7.39. The maximum absolute atomic E-state index is 12.5. The minimum absolute atomic E-state index is 0.191. The number of carbonyl (C=O) groups is 3. The first-order chi connectivity index (χ1) is 13.1. The largest absolute Gasteiger partial charge is 0.352 e. The number of likely N-dealkylation sites (tertiary alicyclic amines) is 1. The van der Waals surface area contributed by atoms with E-state index in [2.05, 4.69) is 10.2 Å². The fourth-order valence-corrected chi connectivity index (χ4v) is 3.74. The van der Waals surface area contributed by atoms with Gasteiger partial charge in [-0.05, 0) is 63.5 Å². The van der Waals surface area contributed by atoms with Gasteiger partial charge in [0.1, 0.15) is 0 Å². The minimum Gasteiger partial charge on any atom is -0.352 e. The van der Waals surface area contributed by atoms with E-state index in [1.807, 2.05) is 6.92 Å². The molecule has 0 aliphatic carbocycles. The van der Waals surface area contributed by atoms with Crippen LogP contribution < -0.4 is 5.32 Å². The Kier molecular flexibility index (Phi) is 6.61. The van der Waals surface area contributed by atoms with Crippen molar-refractivity contribution in [1.82, 2.24) is 15.1 Å². The van der Waals surface area contributed by atoms with Crippen molar-refractivity contribution < 1.29 is 14.4 Å². The van der Waals surface area contributed by atoms with Crippen molar-refractivity contribution in [2.75, 3.05) is 32.7 Å². The van der Waals surface area contributed by atoms with E-state index in [0.29, 0.717) is 29.8 Å². The van der Waals surface area contributed by atoms with E-state index in [0.717, 1.165) is 38.9 Å². The van der Waals surface area contributed by atoms with Crippen molar-refractivity contribution in [3.8, 4) is 0 Å². The van der Waals surface area contributed by atoms with Gasteiger partial charge in [0, 0.05) is 18.7 Å². The molecule has 3 amide bonds. The molecule has 1 aromatic rings. The van der Waals surface area contributed by atoms with Crippen LogP contribution in [0.25, 0.3) is 0 Å². The van der Waals surface area contributed by atoms with Crippen molar-refractivity contribution >= 4 is 17.7 Å². The van der Waals surface area contributed by atoms with Gasteiger partial charge in [-0.1, -0.05) is 19.8 Å². The highest BCUT2D eigenvalue weighted by Gasteiger charge is 2.35. The molecule has 1 fully saturated rings. The number of nitrogens with one attached hydrogen (secondary N) is 1. The number of unbranched alkanes of at least 4 members (excludes halogenated alkanes) is 1. The van der Waals surface area contributed by atoms with Crippen molar-refractivity contribution in [3.63, 3.8) is 0 Å². The number of amides is 3. The molecule has 0 saturated carbocycles. The summed E-state index contributed by atoms with van der Waals surface area (Å²) in [5.41, 5.74) is 1.18. The molecule has 27 heavy (non-hydrogen) atoms. The zero-order chi connectivity index (χ0) is 19.2. The summed E-state index contributed by atoms with van der Waals surface area (Å²) in [6.45, 7) is 6.38. The van der Waals surface area contributed by atoms with E-state index < -0.39 is 0 Å². The normalized spacial score (nSPS) is 17.3. The predicted octanol–water partition coefficient (Wildman–Crippen LogP) is 2.69. The lowest BCUT2D eigenvalue weighted by molar-refractivity contribution is 0.0652. The summed E-state index contributed by atoms with van der Waals surface area (Å²) < 4.78 is 0. The van der Waals surface area contributed by atoms with Gasteiger partial charge >= 0.3 is 0 Å². The Morgan fingerprint density at radius 1 is 1.00 bits per heavy atom. The average Bonchev–Trinajstić information content (AvgIpc) is 2.94. The third kappa shape index (κ3) is 4.56. The maximum Gasteiger partial charge on any atom is 0.261 e. The molecule has 6 heteroatoms. The fraction of sp³-hybridized carbons (Fsp3) is 0.571. The van der Waals surface area contributed by atoms with Crippen molar-refractivity contribution in [2.45, 2.75) is 45.4 Å². The SMILES string of the molecule is CCCCN1C(=O)c2ccc(C(=O)NCCCN3CCCCC3)cc2C1=O. The molecule has 0 bridgehead atoms. The van der Waals surface area contributed by atoms with Gasteiger partial charge in [0.25, 0.3) is 17.7 Å². The van der Waals surface area contributed by atoms with Crippen LogP contribution >= 0.6 is 0 Å². The molecule has 2 aliphatic heterocycles. The van der Waals surface area contributed by atoms with Crippen LogP contribution in [0, 0.1) is 0 Å². The zero-order valence-electron chi connectivity index (χ0n) is 16.1. The topological polar surface area (TPSA) is 69.7 Å². The summed E-state index contributed by atoms with van der Waals surface area (Å²) in [4.78, 5) is 41.0. The van der Waals surface area contributed by atoms with Crippen LogP contribution in [0.15, 0.2) is 18.2 Å². The molecule has 146 valence electrons. The van der Waals surface area contributed by atoms with Gasteiger partial charge in [0.2, 0.25) is 0 Å². The second kappa shape index (κ2) is 9.13. The Balaban J connectivity index is 1.54. The first kappa shape index (κ1) is 19.5. The quantitative estimate of drug-likeness (QED) is 0.563. The summed E-state index contributed by atoms with van der Waals surface area (Å²) in [5.74, 6) is -0.733. The highest BCUT2D eigenvalue weighted by molar-refractivity contribution is 6.22. The summed E-state index contributed by atoms with van der Waals surface area (Å²) in [7, 11) is 0. The Labute approximate surface area is 160 Å². The third-order valence-electron chi connectivity index (χ3n) is 5.35. The highest BCUT2D eigenvalue weighted by Crippen LogP contribution is 2.24. The molecule has 1 aromatic carbocycles. The van der Waals surface area contributed by atoms with Crippen LogP contribution in [0.4, 0.5) is 0 Å². The van der Waals surface area contributed by atoms with E-state index in [4.69, 9.17) is 0 Å². The van der Waals surface area contributed by atoms with Crippen LogP contribution in [-0.4, -0.2) is 60.2 Å². The van der Waals surface area contributed by atoms with Gasteiger partial charge in [0.05, 0.1) is 11.1 Å². The lowest BCUT2D eigenvalue weighted by Crippen LogP contribution is -2.33. The van der Waals surface area contributed by atoms with Crippen LogP contribution in [0.2, 0.25) is 0 Å². The van der Waals surface area contributed by atoms with Crippen molar-refractivity contribution in [3.05, 3.63) is 34.9 Å². The lowest BCUT2D eigenvalue weighted by Gasteiger charge is -2.26. The molecule has 1 N–H and O–H groups in total. The van der Waals surface area contributed by atoms with Crippen LogP contribution in [0.3, 0.4) is 0 Å². The Morgan fingerprint density at radius 2 is 1.74 bits per heavy atom. The van der Waals surface area contributed by atoms with Crippen LogP contribution in [-0.2, 0) is 0 Å². The number of piperidine rings is 1. The van der Waals surface area contributed by atoms with Crippen molar-refractivity contribution in [2.24, 2.45) is 0 Å². The number of fused-ring (bicyclic) bond motifs is 1. The molecule has 0 spiro atoms. The first-order valence-electron chi connectivity index (χ1n) is 10.1. The highest BCUT2D eigenvalue weighted by atomic mass is 16.2. The van der Waals surface area contributed by atoms with Crippen LogP contribution in [0.5, 0.6) is 0 Å². The van der Waals surface area contributed by atoms with E-state index in [1.54, 1.807) is 18.2 Å². The molecule has 3 rings (SSSR count). The number of rotatable bonds is 8. The minimum atomic E-state index is -0.289. The number of nitrogens with zero attached hydrogens (tertiary/aromatic N) is 2. The van der Waals surface area contributed by atoms with E-state index in [1.165, 1.54) is 24.2 Å². The number of benzene rings is 1. The summed E-state index contributed by atoms with van der Waals surface area (Å²) in [6.07, 6.45) is 6.48. The summed E-state index contributed by atoms with van der Waals surface area (Å²) >= 11 is 0. The molecule has 0 aromatic heterocycles. The number of imide groups is 1. The van der Waals surface area contributed by atoms with E-state index in [-0.39, 0.29) is 17.7 Å². The molecule has 2 heterocycles. The smallest absolute Gasteiger partial charge is 0.261 e. The molecule has 1 saturated heterocycles. The van der Waals surface area contributed by atoms with Gasteiger partial charge in [-0.2, -0.15) is 0 Å². The predicted molar refractivity (Wildman–Crippen MR) is 104 cm³/mol. The van der Waals surface area contributed by atoms with Gasteiger partial charge in [-0.25, -0.2) is 0 Å². The average molecular weight is 371 g/mol. The number of carbonyl (C=O) groups excluding carboxylic acids is 3. The first-order valence-corrected chi connectivity index (χ1v) is 10.1. The molecule has 6 nitrogen and oxygen atoms in total. The maximum atomic E-state index is 12.5. The fourth-order valence-electron chi connectivity index (χ4n) is 3.74. The molecular formula is C21H29N3O3. The van der Waals surface area contributed by atoms with Crippen molar-refractivity contribution in [1.29, 1.82) is 0 Å². The molecule has 2 aliphatic rings. The Morgan fingerprint density at radius 3 is 2.48 bits per heavy atom. The molecule has 0 unspecified atom stereocenters. The Bertz CT molecular complexity index is 711. The van der Waals surface area contributed by atoms with Gasteiger partial charge in [-0.3, -0.25) is 19.3 Å². The van der Waals surface area contributed by atoms with Gasteiger partial charge in [0.15, 0.2) is 0 Å². The van der Waals surface area contributed by atoms with Gasteiger partial charge in [-0.15, -0.1) is 0 Å². The van der Waals surface area contributed by atoms with Gasteiger partial charge < -0.3 is 10.2 Å². The standard InChI is InChI=1S/C21H29N3O3/c1-2-3-14-24-20(26)17-9-8-16(15-18(17)21(24)27)19(25)22-10-7-13-23-11-5-4-6-12-23/h8-9,15H,2-7,10-14H2,1H3,(H,22,25). The molecule has 0 atom stereocenters. The molecule has 0 radical (unpaired) electrons. The third-order valence-corrected chi connectivity index (χ3v) is 5.35. The summed E-state index contributed by atoms with van der Waals surface area (Å²) in [5, 5.41) is 2.93. The number of hydrogen-bond acceptors (Lipinski definition) is 4. The Hall–Kier alpha value is -2.21.